The molecule has 0 unspecified atom stereocenters. The Labute approximate surface area is 126 Å². The molecule has 0 aliphatic carbocycles. The summed E-state index contributed by atoms with van der Waals surface area (Å²) in [6, 6.07) is 3.90. The van der Waals surface area contributed by atoms with Gasteiger partial charge in [-0.1, -0.05) is 0 Å². The van der Waals surface area contributed by atoms with Crippen LogP contribution in [0.25, 0.3) is 0 Å². The molecular weight excluding hydrogens is 372 g/mol. The highest BCUT2D eigenvalue weighted by atomic mass is 79.9. The SMILES string of the molecule is COCCCS(=O)(=O)Nc1ccc(S(N)(=O)=O)c(Br)c1. The van der Waals surface area contributed by atoms with Crippen molar-refractivity contribution in [2.24, 2.45) is 5.14 Å². The quantitative estimate of drug-likeness (QED) is 0.674. The van der Waals surface area contributed by atoms with Gasteiger partial charge in [0.05, 0.1) is 10.6 Å². The summed E-state index contributed by atoms with van der Waals surface area (Å²) in [4.78, 5) is -0.111. The maximum Gasteiger partial charge on any atom is 0.239 e. The van der Waals surface area contributed by atoms with Crippen LogP contribution < -0.4 is 9.86 Å². The van der Waals surface area contributed by atoms with Gasteiger partial charge in [0.2, 0.25) is 20.0 Å². The molecule has 3 N–H and O–H groups in total. The summed E-state index contributed by atoms with van der Waals surface area (Å²) in [5.41, 5.74) is 0.252. The number of hydrogen-bond donors (Lipinski definition) is 2. The number of nitrogens with two attached hydrogens (primary N) is 1. The van der Waals surface area contributed by atoms with E-state index in [0.29, 0.717) is 13.0 Å². The van der Waals surface area contributed by atoms with Gasteiger partial charge in [0.1, 0.15) is 0 Å². The Morgan fingerprint density at radius 3 is 2.45 bits per heavy atom. The molecule has 10 heteroatoms. The Kier molecular flexibility index (Phi) is 5.95. The summed E-state index contributed by atoms with van der Waals surface area (Å²) in [6.45, 7) is 0.342. The lowest BCUT2D eigenvalue weighted by Crippen LogP contribution is -2.18. The van der Waals surface area contributed by atoms with E-state index in [9.17, 15) is 16.8 Å². The van der Waals surface area contributed by atoms with Crippen molar-refractivity contribution >= 4 is 41.7 Å². The van der Waals surface area contributed by atoms with Crippen LogP contribution in [0.2, 0.25) is 0 Å². The maximum atomic E-state index is 11.7. The fourth-order valence-corrected chi connectivity index (χ4v) is 4.15. The van der Waals surface area contributed by atoms with Gasteiger partial charge in [-0.15, -0.1) is 0 Å². The number of primary sulfonamides is 1. The lowest BCUT2D eigenvalue weighted by atomic mass is 10.3. The average Bonchev–Trinajstić information content (AvgIpc) is 2.26. The first kappa shape index (κ1) is 17.4. The number of halogens is 1. The molecule has 0 heterocycles. The van der Waals surface area contributed by atoms with Gasteiger partial charge in [-0.25, -0.2) is 22.0 Å². The largest absolute Gasteiger partial charge is 0.385 e. The molecular formula is C10H15BrN2O5S2. The van der Waals surface area contributed by atoms with Crippen LogP contribution in [0.5, 0.6) is 0 Å². The minimum Gasteiger partial charge on any atom is -0.385 e. The van der Waals surface area contributed by atoms with Crippen LogP contribution in [0.1, 0.15) is 6.42 Å². The molecule has 0 aliphatic rings. The van der Waals surface area contributed by atoms with Crippen LogP contribution in [0.3, 0.4) is 0 Å². The summed E-state index contributed by atoms with van der Waals surface area (Å²) in [7, 11) is -5.87. The second-order valence-electron chi connectivity index (χ2n) is 3.96. The fourth-order valence-electron chi connectivity index (χ4n) is 1.42. The molecule has 114 valence electrons. The van der Waals surface area contributed by atoms with Crippen LogP contribution in [0.4, 0.5) is 5.69 Å². The molecule has 1 rings (SSSR count). The number of hydrogen-bond acceptors (Lipinski definition) is 5. The van der Waals surface area contributed by atoms with E-state index >= 15 is 0 Å². The lowest BCUT2D eigenvalue weighted by Gasteiger charge is -2.09. The number of nitrogens with one attached hydrogen (secondary N) is 1. The molecule has 0 bridgehead atoms. The molecule has 0 spiro atoms. The van der Waals surface area contributed by atoms with E-state index in [1.54, 1.807) is 0 Å². The highest BCUT2D eigenvalue weighted by Gasteiger charge is 2.15. The van der Waals surface area contributed by atoms with Gasteiger partial charge in [0.15, 0.2) is 0 Å². The topological polar surface area (TPSA) is 116 Å². The monoisotopic (exact) mass is 386 g/mol. The summed E-state index contributed by atoms with van der Waals surface area (Å²) < 4.78 is 53.2. The average molecular weight is 387 g/mol. The third kappa shape index (κ3) is 5.37. The van der Waals surface area contributed by atoms with Crippen LogP contribution in [0, 0.1) is 0 Å². The molecule has 1 aromatic rings. The zero-order valence-corrected chi connectivity index (χ0v) is 13.9. The molecule has 0 aliphatic heterocycles. The van der Waals surface area contributed by atoms with Crippen molar-refractivity contribution in [3.8, 4) is 0 Å². The predicted molar refractivity (Wildman–Crippen MR) is 79.4 cm³/mol. The van der Waals surface area contributed by atoms with E-state index in [0.717, 1.165) is 0 Å². The molecule has 0 radical (unpaired) electrons. The zero-order valence-electron chi connectivity index (χ0n) is 10.7. The highest BCUT2D eigenvalue weighted by Crippen LogP contribution is 2.25. The minimum atomic E-state index is -3.85. The second kappa shape index (κ2) is 6.85. The molecule has 0 fully saturated rings. The molecule has 7 nitrogen and oxygen atoms in total. The van der Waals surface area contributed by atoms with E-state index in [1.807, 2.05) is 0 Å². The van der Waals surface area contributed by atoms with Gasteiger partial charge in [-0.2, -0.15) is 0 Å². The van der Waals surface area contributed by atoms with Crippen LogP contribution >= 0.6 is 15.9 Å². The van der Waals surface area contributed by atoms with Crippen molar-refractivity contribution in [2.75, 3.05) is 24.2 Å². The lowest BCUT2D eigenvalue weighted by molar-refractivity contribution is 0.199. The molecule has 0 saturated carbocycles. The van der Waals surface area contributed by atoms with Gasteiger partial charge >= 0.3 is 0 Å². The molecule has 1 aromatic carbocycles. The molecule has 0 aromatic heterocycles. The van der Waals surface area contributed by atoms with Gasteiger partial charge in [0, 0.05) is 23.9 Å². The first-order valence-corrected chi connectivity index (χ1v) is 9.46. The van der Waals surface area contributed by atoms with E-state index in [1.165, 1.54) is 25.3 Å². The van der Waals surface area contributed by atoms with E-state index in [-0.39, 0.29) is 20.8 Å². The molecule has 0 amide bonds. The van der Waals surface area contributed by atoms with Gasteiger partial charge in [-0.05, 0) is 40.5 Å². The van der Waals surface area contributed by atoms with Crippen molar-refractivity contribution in [3.05, 3.63) is 22.7 Å². The standard InChI is InChI=1S/C10H15BrN2O5S2/c1-18-5-2-6-19(14,15)13-8-3-4-10(9(11)7-8)20(12,16)17/h3-4,7,13H,2,5-6H2,1H3,(H2,12,16,17). The summed E-state index contributed by atoms with van der Waals surface area (Å²) >= 11 is 3.04. The second-order valence-corrected chi connectivity index (χ2v) is 8.18. The van der Waals surface area contributed by atoms with E-state index < -0.39 is 20.0 Å². The molecule has 0 saturated heterocycles. The van der Waals surface area contributed by atoms with Crippen molar-refractivity contribution in [1.29, 1.82) is 0 Å². The number of rotatable bonds is 7. The van der Waals surface area contributed by atoms with Crippen molar-refractivity contribution in [1.82, 2.24) is 0 Å². The van der Waals surface area contributed by atoms with Crippen LogP contribution in [-0.4, -0.2) is 36.3 Å². The molecule has 20 heavy (non-hydrogen) atoms. The smallest absolute Gasteiger partial charge is 0.239 e. The Morgan fingerprint density at radius 1 is 1.30 bits per heavy atom. The van der Waals surface area contributed by atoms with Crippen molar-refractivity contribution in [2.45, 2.75) is 11.3 Å². The summed E-state index contributed by atoms with van der Waals surface area (Å²) in [5.74, 6) is -0.0879. The first-order valence-electron chi connectivity index (χ1n) is 5.47. The third-order valence-corrected chi connectivity index (χ3v) is 5.53. The number of methoxy groups -OCH3 is 1. The van der Waals surface area contributed by atoms with Crippen LogP contribution in [-0.2, 0) is 24.8 Å². The van der Waals surface area contributed by atoms with E-state index in [2.05, 4.69) is 20.7 Å². The molecule has 0 atom stereocenters. The summed E-state index contributed by atoms with van der Waals surface area (Å²) in [5, 5.41) is 5.01. The summed E-state index contributed by atoms with van der Waals surface area (Å²) in [6.07, 6.45) is 0.363. The van der Waals surface area contributed by atoms with Gasteiger partial charge in [0.25, 0.3) is 0 Å². The zero-order chi connectivity index (χ0) is 15.4. The van der Waals surface area contributed by atoms with Crippen molar-refractivity contribution < 1.29 is 21.6 Å². The number of anilines is 1. The number of ether oxygens (including phenoxy) is 1. The Hall–Kier alpha value is -0.680. The Bertz CT molecular complexity index is 673. The maximum absolute atomic E-state index is 11.7. The van der Waals surface area contributed by atoms with E-state index in [4.69, 9.17) is 9.88 Å². The highest BCUT2D eigenvalue weighted by molar-refractivity contribution is 9.10. The predicted octanol–water partition coefficient (Wildman–Crippen LogP) is 0.875. The minimum absolute atomic E-state index is 0.0879. The Morgan fingerprint density at radius 2 is 1.95 bits per heavy atom. The first-order chi connectivity index (χ1) is 9.15. The van der Waals surface area contributed by atoms with Gasteiger partial charge in [-0.3, -0.25) is 4.72 Å². The normalized spacial score (nSPS) is 12.3. The van der Waals surface area contributed by atoms with Crippen LogP contribution in [0.15, 0.2) is 27.6 Å². The van der Waals surface area contributed by atoms with Crippen molar-refractivity contribution in [3.63, 3.8) is 0 Å². The van der Waals surface area contributed by atoms with Gasteiger partial charge < -0.3 is 4.74 Å². The fraction of sp³-hybridized carbons (Fsp3) is 0.400. The third-order valence-electron chi connectivity index (χ3n) is 2.27. The number of benzene rings is 1. The number of sulfonamides is 2. The Balaban J connectivity index is 2.87.